The molecular weight excluding hydrogens is 484 g/mol. The molecule has 232 valence electrons. The molecule has 2 unspecified atom stereocenters. The van der Waals surface area contributed by atoms with Gasteiger partial charge in [0, 0.05) is 6.92 Å². The normalized spacial score (nSPS) is 12.8. The van der Waals surface area contributed by atoms with Gasteiger partial charge in [0.25, 0.3) is 0 Å². The Bertz CT molecular complexity index is 533. The molecule has 0 heterocycles. The van der Waals surface area contributed by atoms with Crippen molar-refractivity contribution in [3.05, 3.63) is 0 Å². The summed E-state index contributed by atoms with van der Waals surface area (Å²) in [5.74, 6) is -0.850. The monoisotopic (exact) mass is 553 g/mol. The zero-order chi connectivity index (χ0) is 28.8. The van der Waals surface area contributed by atoms with Crippen LogP contribution in [0.1, 0.15) is 194 Å². The van der Waals surface area contributed by atoms with Crippen LogP contribution in [0.5, 0.6) is 0 Å². The van der Waals surface area contributed by atoms with Crippen molar-refractivity contribution in [3.63, 3.8) is 0 Å². The first-order chi connectivity index (χ1) is 19.1. The molecule has 0 amide bonds. The number of methoxy groups -OCH3 is 1. The Labute approximate surface area is 244 Å². The lowest BCUT2D eigenvalue weighted by atomic mass is 9.91. The van der Waals surface area contributed by atoms with Gasteiger partial charge in [-0.3, -0.25) is 9.59 Å². The Kier molecular flexibility index (Phi) is 29.1. The highest BCUT2D eigenvalue weighted by Gasteiger charge is 2.30. The van der Waals surface area contributed by atoms with Crippen molar-refractivity contribution in [3.8, 4) is 0 Å². The Morgan fingerprint density at radius 1 is 0.487 bits per heavy atom. The number of carbonyl (C=O) groups excluding carboxylic acids is 2. The third-order valence-corrected chi connectivity index (χ3v) is 8.23. The van der Waals surface area contributed by atoms with Crippen LogP contribution in [0, 0.1) is 5.92 Å². The number of carbonyl (C=O) groups is 2. The van der Waals surface area contributed by atoms with Crippen molar-refractivity contribution < 1.29 is 19.1 Å². The molecule has 0 aromatic heterocycles. The lowest BCUT2D eigenvalue weighted by molar-refractivity contribution is -0.160. The molecule has 0 aliphatic carbocycles. The van der Waals surface area contributed by atoms with Crippen LogP contribution < -0.4 is 0 Å². The lowest BCUT2D eigenvalue weighted by Gasteiger charge is -2.25. The van der Waals surface area contributed by atoms with E-state index in [-0.39, 0.29) is 24.0 Å². The first-order valence-electron chi connectivity index (χ1n) is 17.3. The summed E-state index contributed by atoms with van der Waals surface area (Å²) in [5.41, 5.74) is 0. The number of hydrogen-bond donors (Lipinski definition) is 0. The second kappa shape index (κ2) is 29.9. The van der Waals surface area contributed by atoms with E-state index in [0.29, 0.717) is 0 Å². The third-order valence-electron chi connectivity index (χ3n) is 8.23. The van der Waals surface area contributed by atoms with Gasteiger partial charge in [-0.2, -0.15) is 0 Å². The Morgan fingerprint density at radius 2 is 0.795 bits per heavy atom. The van der Waals surface area contributed by atoms with Gasteiger partial charge >= 0.3 is 11.9 Å². The molecule has 0 bridgehead atoms. The van der Waals surface area contributed by atoms with Crippen molar-refractivity contribution in [2.24, 2.45) is 5.92 Å². The van der Waals surface area contributed by atoms with E-state index in [1.807, 2.05) is 0 Å². The standard InChI is InChI=1S/C35H68O4/c1-5-7-9-11-13-15-17-19-21-23-25-27-29-31-34(39-32(3)36)33(35(37)38-4)30-28-26-24-22-20-18-16-14-12-10-8-6-2/h33-34H,5-31H2,1-4H3. The van der Waals surface area contributed by atoms with Gasteiger partial charge in [-0.15, -0.1) is 0 Å². The van der Waals surface area contributed by atoms with Crippen LogP contribution in [0.25, 0.3) is 0 Å². The third kappa shape index (κ3) is 25.6. The van der Waals surface area contributed by atoms with Gasteiger partial charge in [0.2, 0.25) is 0 Å². The summed E-state index contributed by atoms with van der Waals surface area (Å²) in [6.45, 7) is 5.99. The molecule has 4 heteroatoms. The van der Waals surface area contributed by atoms with Gasteiger partial charge in [0.1, 0.15) is 6.10 Å². The fourth-order valence-electron chi connectivity index (χ4n) is 5.73. The van der Waals surface area contributed by atoms with Crippen LogP contribution >= 0.6 is 0 Å². The summed E-state index contributed by atoms with van der Waals surface area (Å²) < 4.78 is 10.8. The molecule has 0 saturated heterocycles. The number of ether oxygens (including phenoxy) is 2. The van der Waals surface area contributed by atoms with Gasteiger partial charge < -0.3 is 9.47 Å². The molecule has 0 radical (unpaired) electrons. The molecule has 0 spiro atoms. The maximum Gasteiger partial charge on any atom is 0.312 e. The molecule has 0 rings (SSSR count). The predicted octanol–water partition coefficient (Wildman–Crippen LogP) is 11.3. The Morgan fingerprint density at radius 3 is 1.10 bits per heavy atom. The molecule has 2 atom stereocenters. The maximum absolute atomic E-state index is 12.6. The maximum atomic E-state index is 12.6. The lowest BCUT2D eigenvalue weighted by Crippen LogP contribution is -2.33. The molecule has 0 saturated carbocycles. The van der Waals surface area contributed by atoms with E-state index in [9.17, 15) is 9.59 Å². The first kappa shape index (κ1) is 37.9. The SMILES string of the molecule is CCCCCCCCCCCCCCCC(OC(C)=O)C(CCCCCCCCCCCCCC)C(=O)OC. The molecule has 4 nitrogen and oxygen atoms in total. The van der Waals surface area contributed by atoms with Crippen LogP contribution in [0.3, 0.4) is 0 Å². The topological polar surface area (TPSA) is 52.6 Å². The van der Waals surface area contributed by atoms with Crippen LogP contribution in [-0.4, -0.2) is 25.2 Å². The van der Waals surface area contributed by atoms with E-state index >= 15 is 0 Å². The fourth-order valence-corrected chi connectivity index (χ4v) is 5.73. The largest absolute Gasteiger partial charge is 0.469 e. The number of unbranched alkanes of at least 4 members (excludes halogenated alkanes) is 23. The van der Waals surface area contributed by atoms with Gasteiger partial charge in [0.15, 0.2) is 0 Å². The number of hydrogen-bond acceptors (Lipinski definition) is 4. The zero-order valence-electron chi connectivity index (χ0n) is 26.9. The van der Waals surface area contributed by atoms with Gasteiger partial charge in [-0.05, 0) is 19.3 Å². The van der Waals surface area contributed by atoms with E-state index in [1.165, 1.54) is 149 Å². The minimum atomic E-state index is -0.352. The van der Waals surface area contributed by atoms with Crippen LogP contribution in [0.15, 0.2) is 0 Å². The average Bonchev–Trinajstić information content (AvgIpc) is 2.92. The van der Waals surface area contributed by atoms with E-state index in [1.54, 1.807) is 0 Å². The van der Waals surface area contributed by atoms with Crippen molar-refractivity contribution >= 4 is 11.9 Å². The summed E-state index contributed by atoms with van der Waals surface area (Å²) >= 11 is 0. The molecule has 0 aromatic carbocycles. The van der Waals surface area contributed by atoms with Crippen molar-refractivity contribution in [1.82, 2.24) is 0 Å². The second-order valence-corrected chi connectivity index (χ2v) is 12.0. The zero-order valence-corrected chi connectivity index (χ0v) is 26.9. The van der Waals surface area contributed by atoms with Crippen LogP contribution in [-0.2, 0) is 19.1 Å². The summed E-state index contributed by atoms with van der Waals surface area (Å²) in [5, 5.41) is 0. The highest BCUT2D eigenvalue weighted by molar-refractivity contribution is 5.74. The van der Waals surface area contributed by atoms with Crippen LogP contribution in [0.4, 0.5) is 0 Å². The van der Waals surface area contributed by atoms with E-state index in [0.717, 1.165) is 38.5 Å². The predicted molar refractivity (Wildman–Crippen MR) is 167 cm³/mol. The second-order valence-electron chi connectivity index (χ2n) is 12.0. The molecule has 39 heavy (non-hydrogen) atoms. The Hall–Kier alpha value is -1.06. The highest BCUT2D eigenvalue weighted by atomic mass is 16.6. The summed E-state index contributed by atoms with van der Waals surface area (Å²) in [4.78, 5) is 24.4. The summed E-state index contributed by atoms with van der Waals surface area (Å²) in [7, 11) is 1.45. The van der Waals surface area contributed by atoms with Crippen molar-refractivity contribution in [2.75, 3.05) is 7.11 Å². The fraction of sp³-hybridized carbons (Fsp3) is 0.943. The van der Waals surface area contributed by atoms with Crippen molar-refractivity contribution in [2.45, 2.75) is 200 Å². The quantitative estimate of drug-likeness (QED) is 0.0656. The van der Waals surface area contributed by atoms with Gasteiger partial charge in [-0.1, -0.05) is 168 Å². The molecule has 0 N–H and O–H groups in total. The average molecular weight is 553 g/mol. The van der Waals surface area contributed by atoms with E-state index in [2.05, 4.69) is 13.8 Å². The number of esters is 2. The first-order valence-corrected chi connectivity index (χ1v) is 17.3. The minimum absolute atomic E-state index is 0.223. The van der Waals surface area contributed by atoms with Crippen LogP contribution in [0.2, 0.25) is 0 Å². The van der Waals surface area contributed by atoms with Gasteiger partial charge in [0.05, 0.1) is 13.0 Å². The number of rotatable bonds is 30. The van der Waals surface area contributed by atoms with E-state index in [4.69, 9.17) is 9.47 Å². The smallest absolute Gasteiger partial charge is 0.312 e. The van der Waals surface area contributed by atoms with E-state index < -0.39 is 0 Å². The molecule has 0 aliphatic rings. The minimum Gasteiger partial charge on any atom is -0.469 e. The molecule has 0 aromatic rings. The molecule has 0 aliphatic heterocycles. The highest BCUT2D eigenvalue weighted by Crippen LogP contribution is 2.24. The summed E-state index contributed by atoms with van der Waals surface area (Å²) in [6, 6.07) is 0. The van der Waals surface area contributed by atoms with Gasteiger partial charge in [-0.25, -0.2) is 0 Å². The molecule has 0 fully saturated rings. The Balaban J connectivity index is 4.09. The molecular formula is C35H68O4. The summed E-state index contributed by atoms with van der Waals surface area (Å²) in [6.07, 6.45) is 33.7. The van der Waals surface area contributed by atoms with Crippen molar-refractivity contribution in [1.29, 1.82) is 0 Å².